The maximum Gasteiger partial charge on any atom is 0.292 e. The lowest BCUT2D eigenvalue weighted by molar-refractivity contribution is -0.383. The highest BCUT2D eigenvalue weighted by Crippen LogP contribution is 2.24. The van der Waals surface area contributed by atoms with E-state index in [-0.39, 0.29) is 28.6 Å². The van der Waals surface area contributed by atoms with Crippen LogP contribution in [-0.2, 0) is 16.6 Å². The van der Waals surface area contributed by atoms with Crippen molar-refractivity contribution in [3.63, 3.8) is 0 Å². The van der Waals surface area contributed by atoms with E-state index in [4.69, 9.17) is 5.73 Å². The Morgan fingerprint density at radius 1 is 1.45 bits per heavy atom. The molecule has 2 rings (SSSR count). The average Bonchev–Trinajstić information content (AvgIpc) is 2.89. The quantitative estimate of drug-likeness (QED) is 0.364. The number of tetrazole rings is 1. The summed E-state index contributed by atoms with van der Waals surface area (Å²) in [5.74, 6) is 0.156. The number of nitrogens with zero attached hydrogens (tertiary/aromatic N) is 4. The number of sulfonamides is 1. The number of nitro groups is 1. The van der Waals surface area contributed by atoms with E-state index in [1.54, 1.807) is 0 Å². The van der Waals surface area contributed by atoms with Gasteiger partial charge in [-0.3, -0.25) is 10.1 Å². The number of rotatable bonds is 5. The van der Waals surface area contributed by atoms with Crippen LogP contribution in [0, 0.1) is 10.1 Å². The van der Waals surface area contributed by atoms with E-state index in [0.717, 1.165) is 18.2 Å². The predicted molar refractivity (Wildman–Crippen MR) is 65.7 cm³/mol. The van der Waals surface area contributed by atoms with Gasteiger partial charge in [0.15, 0.2) is 5.82 Å². The maximum atomic E-state index is 11.9. The van der Waals surface area contributed by atoms with Gasteiger partial charge in [0.25, 0.3) is 5.69 Å². The third-order valence-corrected chi connectivity index (χ3v) is 3.71. The van der Waals surface area contributed by atoms with Crippen molar-refractivity contribution in [1.82, 2.24) is 25.3 Å². The van der Waals surface area contributed by atoms with Gasteiger partial charge in [-0.25, -0.2) is 13.1 Å². The number of nitrogens with one attached hydrogen (secondary N) is 2. The Kier molecular flexibility index (Phi) is 3.58. The lowest BCUT2D eigenvalue weighted by Crippen LogP contribution is -2.24. The standard InChI is InChI=1S/C8H9N7O4S/c9-6-3-5(1-2-7(6)15(16)17)20(18,19)10-4-8-11-13-14-12-8/h1-3,10H,4,9H2,(H,11,12,13,14). The molecule has 4 N–H and O–H groups in total. The summed E-state index contributed by atoms with van der Waals surface area (Å²) in [4.78, 5) is 9.71. The van der Waals surface area contributed by atoms with Gasteiger partial charge in [-0.15, -0.1) is 10.2 Å². The molecule has 0 aliphatic heterocycles. The Morgan fingerprint density at radius 3 is 2.75 bits per heavy atom. The predicted octanol–water partition coefficient (Wildman–Crippen LogP) is -0.831. The zero-order chi connectivity index (χ0) is 14.8. The highest BCUT2D eigenvalue weighted by molar-refractivity contribution is 7.89. The normalized spacial score (nSPS) is 11.4. The number of hydrogen-bond acceptors (Lipinski definition) is 8. The van der Waals surface area contributed by atoms with Gasteiger partial charge in [0.1, 0.15) is 5.69 Å². The number of nitrogens with two attached hydrogens (primary N) is 1. The molecule has 0 saturated heterocycles. The Bertz CT molecular complexity index is 727. The molecule has 0 unspecified atom stereocenters. The number of benzene rings is 1. The molecule has 1 heterocycles. The van der Waals surface area contributed by atoms with Gasteiger partial charge in [0, 0.05) is 6.07 Å². The number of anilines is 1. The number of hydrogen-bond donors (Lipinski definition) is 3. The van der Waals surface area contributed by atoms with Crippen LogP contribution in [0.2, 0.25) is 0 Å². The van der Waals surface area contributed by atoms with Crippen molar-refractivity contribution in [2.24, 2.45) is 0 Å². The Balaban J connectivity index is 2.21. The molecule has 0 aliphatic rings. The van der Waals surface area contributed by atoms with Crippen LogP contribution in [0.1, 0.15) is 5.82 Å². The second-order valence-electron chi connectivity index (χ2n) is 3.63. The molecule has 1 aromatic carbocycles. The molecule has 1 aromatic heterocycles. The minimum Gasteiger partial charge on any atom is -0.393 e. The van der Waals surface area contributed by atoms with Gasteiger partial charge in [0.05, 0.1) is 16.4 Å². The van der Waals surface area contributed by atoms with Crippen LogP contribution in [-0.4, -0.2) is 34.0 Å². The molecule has 0 aliphatic carbocycles. The third-order valence-electron chi connectivity index (χ3n) is 2.32. The number of aromatic nitrogens is 4. The van der Waals surface area contributed by atoms with Gasteiger partial charge in [-0.1, -0.05) is 5.21 Å². The van der Waals surface area contributed by atoms with Crippen LogP contribution in [0.5, 0.6) is 0 Å². The molecule has 0 amide bonds. The van der Waals surface area contributed by atoms with E-state index in [0.29, 0.717) is 0 Å². The molecule has 0 saturated carbocycles. The van der Waals surface area contributed by atoms with E-state index in [2.05, 4.69) is 25.3 Å². The van der Waals surface area contributed by atoms with Gasteiger partial charge in [-0.2, -0.15) is 5.21 Å². The van der Waals surface area contributed by atoms with Crippen molar-refractivity contribution in [2.45, 2.75) is 11.4 Å². The van der Waals surface area contributed by atoms with Crippen LogP contribution in [0.3, 0.4) is 0 Å². The SMILES string of the molecule is Nc1cc(S(=O)(=O)NCc2nn[nH]n2)ccc1[N+](=O)[O-]. The van der Waals surface area contributed by atoms with Crippen LogP contribution < -0.4 is 10.5 Å². The molecule has 0 spiro atoms. The molecule has 20 heavy (non-hydrogen) atoms. The zero-order valence-corrected chi connectivity index (χ0v) is 10.7. The van der Waals surface area contributed by atoms with Crippen molar-refractivity contribution in [2.75, 3.05) is 5.73 Å². The molecule has 12 heteroatoms. The molecule has 2 aromatic rings. The van der Waals surface area contributed by atoms with E-state index < -0.39 is 14.9 Å². The number of nitrogen functional groups attached to an aromatic ring is 1. The first-order valence-electron chi connectivity index (χ1n) is 5.16. The van der Waals surface area contributed by atoms with Crippen molar-refractivity contribution >= 4 is 21.4 Å². The van der Waals surface area contributed by atoms with Crippen LogP contribution in [0.15, 0.2) is 23.1 Å². The first-order chi connectivity index (χ1) is 9.40. The summed E-state index contributed by atoms with van der Waals surface area (Å²) < 4.78 is 26.1. The van der Waals surface area contributed by atoms with Crippen LogP contribution >= 0.6 is 0 Å². The van der Waals surface area contributed by atoms with Crippen LogP contribution in [0.25, 0.3) is 0 Å². The van der Waals surface area contributed by atoms with E-state index in [1.165, 1.54) is 0 Å². The summed E-state index contributed by atoms with van der Waals surface area (Å²) in [5.41, 5.74) is 4.84. The van der Waals surface area contributed by atoms with E-state index in [1.807, 2.05) is 0 Å². The number of aromatic amines is 1. The fraction of sp³-hybridized carbons (Fsp3) is 0.125. The van der Waals surface area contributed by atoms with Gasteiger partial charge >= 0.3 is 0 Å². The molecule has 0 fully saturated rings. The largest absolute Gasteiger partial charge is 0.393 e. The average molecular weight is 299 g/mol. The fourth-order valence-corrected chi connectivity index (χ4v) is 2.38. The minimum atomic E-state index is -3.88. The summed E-state index contributed by atoms with van der Waals surface area (Å²) in [6.45, 7) is -0.171. The Labute approximate surface area is 112 Å². The molecule has 0 atom stereocenters. The number of nitro benzene ring substituents is 1. The molecule has 106 valence electrons. The zero-order valence-electron chi connectivity index (χ0n) is 9.85. The molecule has 0 bridgehead atoms. The lowest BCUT2D eigenvalue weighted by Gasteiger charge is -2.05. The van der Waals surface area contributed by atoms with Gasteiger partial charge in [-0.05, 0) is 12.1 Å². The highest BCUT2D eigenvalue weighted by atomic mass is 32.2. The van der Waals surface area contributed by atoms with Crippen molar-refractivity contribution < 1.29 is 13.3 Å². The molecular weight excluding hydrogens is 290 g/mol. The van der Waals surface area contributed by atoms with Crippen LogP contribution in [0.4, 0.5) is 11.4 Å². The van der Waals surface area contributed by atoms with Crippen molar-refractivity contribution in [1.29, 1.82) is 0 Å². The molecule has 0 radical (unpaired) electrons. The minimum absolute atomic E-state index is 0.156. The molecule has 11 nitrogen and oxygen atoms in total. The van der Waals surface area contributed by atoms with Crippen molar-refractivity contribution in [3.8, 4) is 0 Å². The third kappa shape index (κ3) is 2.86. The molecular formula is C8H9N7O4S. The van der Waals surface area contributed by atoms with Gasteiger partial charge < -0.3 is 5.73 Å². The highest BCUT2D eigenvalue weighted by Gasteiger charge is 2.19. The monoisotopic (exact) mass is 299 g/mol. The smallest absolute Gasteiger partial charge is 0.292 e. The Morgan fingerprint density at radius 2 is 2.20 bits per heavy atom. The summed E-state index contributed by atoms with van der Waals surface area (Å²) in [7, 11) is -3.88. The topological polar surface area (TPSA) is 170 Å². The van der Waals surface area contributed by atoms with E-state index in [9.17, 15) is 18.5 Å². The first kappa shape index (κ1) is 13.8. The Hall–Kier alpha value is -2.60. The van der Waals surface area contributed by atoms with Crippen molar-refractivity contribution in [3.05, 3.63) is 34.1 Å². The second kappa shape index (κ2) is 5.18. The summed E-state index contributed by atoms with van der Waals surface area (Å²) in [6, 6.07) is 3.13. The maximum absolute atomic E-state index is 11.9. The first-order valence-corrected chi connectivity index (χ1v) is 6.64. The summed E-state index contributed by atoms with van der Waals surface area (Å²) >= 11 is 0. The van der Waals surface area contributed by atoms with Gasteiger partial charge in [0.2, 0.25) is 10.0 Å². The number of H-pyrrole nitrogens is 1. The fourth-order valence-electron chi connectivity index (χ4n) is 1.37. The van der Waals surface area contributed by atoms with E-state index >= 15 is 0 Å². The summed E-state index contributed by atoms with van der Waals surface area (Å²) in [5, 5.41) is 23.2. The lowest BCUT2D eigenvalue weighted by atomic mass is 10.3. The summed E-state index contributed by atoms with van der Waals surface area (Å²) in [6.07, 6.45) is 0. The second-order valence-corrected chi connectivity index (χ2v) is 5.40.